The highest BCUT2D eigenvalue weighted by Gasteiger charge is 2.21. The predicted octanol–water partition coefficient (Wildman–Crippen LogP) is 0.828. The van der Waals surface area contributed by atoms with Gasteiger partial charge in [-0.25, -0.2) is 8.42 Å². The molecule has 0 unspecified atom stereocenters. The average molecular weight is 314 g/mol. The van der Waals surface area contributed by atoms with Crippen molar-refractivity contribution in [2.75, 3.05) is 19.7 Å². The Balaban J connectivity index is 2.95. The van der Waals surface area contributed by atoms with Crippen LogP contribution in [0.2, 0.25) is 0 Å². The van der Waals surface area contributed by atoms with Gasteiger partial charge < -0.3 is 10.4 Å². The second-order valence-electron chi connectivity index (χ2n) is 4.67. The molecule has 118 valence electrons. The maximum absolute atomic E-state index is 12.3. The quantitative estimate of drug-likeness (QED) is 0.780. The summed E-state index contributed by atoms with van der Waals surface area (Å²) in [4.78, 5) is 12.0. The Bertz CT molecular complexity index is 565. The second-order valence-corrected chi connectivity index (χ2v) is 6.61. The van der Waals surface area contributed by atoms with E-state index in [4.69, 9.17) is 5.11 Å². The first-order chi connectivity index (χ1) is 9.86. The number of aliphatic hydroxyl groups is 1. The van der Waals surface area contributed by atoms with Crippen molar-refractivity contribution in [3.63, 3.8) is 0 Å². The highest BCUT2D eigenvalue weighted by atomic mass is 32.2. The van der Waals surface area contributed by atoms with Crippen molar-refractivity contribution in [2.45, 2.75) is 31.7 Å². The van der Waals surface area contributed by atoms with Crippen molar-refractivity contribution in [1.82, 2.24) is 9.62 Å². The van der Waals surface area contributed by atoms with Crippen LogP contribution in [0.25, 0.3) is 0 Å². The van der Waals surface area contributed by atoms with Crippen LogP contribution in [0.5, 0.6) is 0 Å². The molecule has 1 amide bonds. The molecule has 0 saturated carbocycles. The van der Waals surface area contributed by atoms with E-state index in [1.807, 2.05) is 0 Å². The van der Waals surface area contributed by atoms with Gasteiger partial charge in [0.15, 0.2) is 0 Å². The van der Waals surface area contributed by atoms with Crippen LogP contribution < -0.4 is 5.32 Å². The Hall–Kier alpha value is -1.44. The van der Waals surface area contributed by atoms with E-state index in [0.29, 0.717) is 18.7 Å². The van der Waals surface area contributed by atoms with Crippen LogP contribution in [-0.4, -0.2) is 49.5 Å². The van der Waals surface area contributed by atoms with Crippen molar-refractivity contribution in [1.29, 1.82) is 0 Å². The minimum Gasteiger partial charge on any atom is -0.394 e. The Labute approximate surface area is 125 Å². The molecule has 0 aliphatic carbocycles. The van der Waals surface area contributed by atoms with Crippen LogP contribution in [0.4, 0.5) is 0 Å². The monoisotopic (exact) mass is 314 g/mol. The molecule has 0 spiro atoms. The Kier molecular flexibility index (Phi) is 6.32. The van der Waals surface area contributed by atoms with Crippen LogP contribution in [0.15, 0.2) is 29.2 Å². The molecule has 0 fully saturated rings. The molecule has 1 aromatic rings. The molecule has 0 saturated heterocycles. The summed E-state index contributed by atoms with van der Waals surface area (Å²) in [6.45, 7) is 5.87. The van der Waals surface area contributed by atoms with Gasteiger partial charge >= 0.3 is 0 Å². The molecule has 2 N–H and O–H groups in total. The summed E-state index contributed by atoms with van der Waals surface area (Å²) < 4.78 is 25.9. The third kappa shape index (κ3) is 4.26. The molecule has 0 bridgehead atoms. The summed E-state index contributed by atoms with van der Waals surface area (Å²) in [5.74, 6) is -0.344. The summed E-state index contributed by atoms with van der Waals surface area (Å²) in [7, 11) is -3.51. The number of carbonyl (C=O) groups excluding carboxylic acids is 1. The lowest BCUT2D eigenvalue weighted by Gasteiger charge is -2.18. The van der Waals surface area contributed by atoms with Gasteiger partial charge in [-0.1, -0.05) is 13.8 Å². The number of nitrogens with one attached hydrogen (secondary N) is 1. The zero-order chi connectivity index (χ0) is 16.0. The van der Waals surface area contributed by atoms with E-state index in [2.05, 4.69) is 5.32 Å². The number of aliphatic hydroxyl groups excluding tert-OH is 1. The molecule has 0 aliphatic rings. The van der Waals surface area contributed by atoms with Crippen molar-refractivity contribution in [3.05, 3.63) is 29.8 Å². The van der Waals surface area contributed by atoms with E-state index in [0.717, 1.165) is 0 Å². The molecule has 1 rings (SSSR count). The van der Waals surface area contributed by atoms with Gasteiger partial charge in [-0.15, -0.1) is 0 Å². The average Bonchev–Trinajstić information content (AvgIpc) is 2.48. The smallest absolute Gasteiger partial charge is 0.251 e. The van der Waals surface area contributed by atoms with E-state index < -0.39 is 10.0 Å². The fourth-order valence-electron chi connectivity index (χ4n) is 1.84. The molecule has 1 atom stereocenters. The third-order valence-electron chi connectivity index (χ3n) is 3.11. The first-order valence-electron chi connectivity index (χ1n) is 6.88. The fourth-order valence-corrected chi connectivity index (χ4v) is 3.30. The van der Waals surface area contributed by atoms with Gasteiger partial charge in [-0.2, -0.15) is 4.31 Å². The number of sulfonamides is 1. The zero-order valence-corrected chi connectivity index (χ0v) is 13.4. The van der Waals surface area contributed by atoms with Crippen LogP contribution in [-0.2, 0) is 10.0 Å². The minimum atomic E-state index is -3.51. The predicted molar refractivity (Wildman–Crippen MR) is 80.6 cm³/mol. The number of hydrogen-bond donors (Lipinski definition) is 2. The van der Waals surface area contributed by atoms with Gasteiger partial charge in [-0.3, -0.25) is 4.79 Å². The van der Waals surface area contributed by atoms with E-state index in [-0.39, 0.29) is 23.5 Å². The van der Waals surface area contributed by atoms with E-state index in [1.54, 1.807) is 20.8 Å². The number of benzene rings is 1. The van der Waals surface area contributed by atoms with E-state index in [1.165, 1.54) is 28.6 Å². The summed E-state index contributed by atoms with van der Waals surface area (Å²) in [6, 6.07) is 5.43. The molecule has 1 aromatic carbocycles. The number of hydrogen-bond acceptors (Lipinski definition) is 4. The highest BCUT2D eigenvalue weighted by Crippen LogP contribution is 2.16. The lowest BCUT2D eigenvalue weighted by molar-refractivity contribution is 0.0922. The van der Waals surface area contributed by atoms with Gasteiger partial charge in [0, 0.05) is 24.7 Å². The molecule has 0 radical (unpaired) electrons. The lowest BCUT2D eigenvalue weighted by Crippen LogP contribution is -2.35. The van der Waals surface area contributed by atoms with Crippen LogP contribution >= 0.6 is 0 Å². The zero-order valence-electron chi connectivity index (χ0n) is 12.5. The Morgan fingerprint density at radius 3 is 2.19 bits per heavy atom. The molecular weight excluding hydrogens is 292 g/mol. The van der Waals surface area contributed by atoms with Crippen LogP contribution in [0.1, 0.15) is 31.1 Å². The highest BCUT2D eigenvalue weighted by molar-refractivity contribution is 7.89. The third-order valence-corrected chi connectivity index (χ3v) is 5.18. The lowest BCUT2D eigenvalue weighted by atomic mass is 10.2. The molecule has 0 aliphatic heterocycles. The van der Waals surface area contributed by atoms with E-state index >= 15 is 0 Å². The maximum atomic E-state index is 12.3. The molecule has 0 heterocycles. The Morgan fingerprint density at radius 1 is 1.24 bits per heavy atom. The van der Waals surface area contributed by atoms with Gasteiger partial charge in [-0.05, 0) is 31.2 Å². The SMILES string of the molecule is CCN(CC)S(=O)(=O)c1ccc(C(=O)N[C@H](C)CO)cc1. The summed E-state index contributed by atoms with van der Waals surface area (Å²) in [6.07, 6.45) is 0. The number of rotatable bonds is 7. The minimum absolute atomic E-state index is 0.153. The first-order valence-corrected chi connectivity index (χ1v) is 8.32. The van der Waals surface area contributed by atoms with Crippen molar-refractivity contribution >= 4 is 15.9 Å². The van der Waals surface area contributed by atoms with Crippen molar-refractivity contribution in [2.24, 2.45) is 0 Å². The topological polar surface area (TPSA) is 86.7 Å². The first kappa shape index (κ1) is 17.6. The fraction of sp³-hybridized carbons (Fsp3) is 0.500. The number of nitrogens with zero attached hydrogens (tertiary/aromatic N) is 1. The van der Waals surface area contributed by atoms with Gasteiger partial charge in [0.05, 0.1) is 11.5 Å². The van der Waals surface area contributed by atoms with Crippen molar-refractivity contribution < 1.29 is 18.3 Å². The summed E-state index contributed by atoms with van der Waals surface area (Å²) in [5.41, 5.74) is 0.355. The maximum Gasteiger partial charge on any atom is 0.251 e. The standard InChI is InChI=1S/C14H22N2O4S/c1-4-16(5-2)21(19,20)13-8-6-12(7-9-13)14(18)15-11(3)10-17/h6-9,11,17H,4-5,10H2,1-3H3,(H,15,18)/t11-/m1/s1. The second kappa shape index (κ2) is 7.53. The molecule has 21 heavy (non-hydrogen) atoms. The van der Waals surface area contributed by atoms with Gasteiger partial charge in [0.1, 0.15) is 0 Å². The van der Waals surface area contributed by atoms with Gasteiger partial charge in [0.2, 0.25) is 10.0 Å². The normalized spacial score (nSPS) is 13.2. The van der Waals surface area contributed by atoms with E-state index in [9.17, 15) is 13.2 Å². The molecule has 0 aromatic heterocycles. The Morgan fingerprint density at radius 2 is 1.76 bits per heavy atom. The molecule has 7 heteroatoms. The largest absolute Gasteiger partial charge is 0.394 e. The number of carbonyl (C=O) groups is 1. The number of amides is 1. The molecular formula is C14H22N2O4S. The van der Waals surface area contributed by atoms with Crippen LogP contribution in [0, 0.1) is 0 Å². The molecule has 6 nitrogen and oxygen atoms in total. The van der Waals surface area contributed by atoms with Gasteiger partial charge in [0.25, 0.3) is 5.91 Å². The van der Waals surface area contributed by atoms with Crippen molar-refractivity contribution in [3.8, 4) is 0 Å². The summed E-state index contributed by atoms with van der Waals surface area (Å²) in [5, 5.41) is 11.5. The van der Waals surface area contributed by atoms with Crippen LogP contribution in [0.3, 0.4) is 0 Å². The summed E-state index contributed by atoms with van der Waals surface area (Å²) >= 11 is 0.